The molecule has 1 N–H and O–H groups in total. The first-order chi connectivity index (χ1) is 17.0. The number of methoxy groups -OCH3 is 1. The van der Waals surface area contributed by atoms with Gasteiger partial charge in [0.15, 0.2) is 0 Å². The van der Waals surface area contributed by atoms with E-state index in [9.17, 15) is 14.7 Å². The molecule has 8 heteroatoms. The number of nitrogens with zero attached hydrogens (tertiary/aromatic N) is 3. The van der Waals surface area contributed by atoms with Gasteiger partial charge in [-0.15, -0.1) is 0 Å². The zero-order valence-electron chi connectivity index (χ0n) is 19.5. The second-order valence-electron chi connectivity index (χ2n) is 8.04. The van der Waals surface area contributed by atoms with Crippen LogP contribution in [0.3, 0.4) is 0 Å². The molecule has 1 unspecified atom stereocenters. The SMILES string of the molecule is C=CCOc1ccc(C2/C(=C(/O)c3ccc(OC)cc3)C(=O)C(=O)N2CCCn2ccnc2)cc1. The van der Waals surface area contributed by atoms with Gasteiger partial charge in [-0.25, -0.2) is 4.98 Å². The number of amides is 1. The minimum Gasteiger partial charge on any atom is -0.507 e. The molecular weight excluding hydrogens is 446 g/mol. The Morgan fingerprint density at radius 3 is 2.43 bits per heavy atom. The van der Waals surface area contributed by atoms with E-state index in [0.29, 0.717) is 48.7 Å². The van der Waals surface area contributed by atoms with Crippen LogP contribution in [0.1, 0.15) is 23.6 Å². The Bertz CT molecular complexity index is 1210. The van der Waals surface area contributed by atoms with E-state index in [0.717, 1.165) is 0 Å². The second-order valence-corrected chi connectivity index (χ2v) is 8.04. The number of aliphatic hydroxyl groups excluding tert-OH is 1. The van der Waals surface area contributed by atoms with E-state index in [1.54, 1.807) is 74.2 Å². The van der Waals surface area contributed by atoms with Gasteiger partial charge in [-0.1, -0.05) is 24.8 Å². The van der Waals surface area contributed by atoms with Crippen LogP contribution in [0.5, 0.6) is 11.5 Å². The number of hydrogen-bond acceptors (Lipinski definition) is 6. The molecule has 1 aromatic heterocycles. The van der Waals surface area contributed by atoms with Gasteiger partial charge in [0, 0.05) is 31.0 Å². The third-order valence-electron chi connectivity index (χ3n) is 5.84. The Morgan fingerprint density at radius 1 is 1.09 bits per heavy atom. The average molecular weight is 474 g/mol. The lowest BCUT2D eigenvalue weighted by molar-refractivity contribution is -0.139. The molecule has 0 bridgehead atoms. The van der Waals surface area contributed by atoms with Gasteiger partial charge >= 0.3 is 0 Å². The highest BCUT2D eigenvalue weighted by atomic mass is 16.5. The highest BCUT2D eigenvalue weighted by Crippen LogP contribution is 2.40. The molecule has 2 heterocycles. The molecule has 0 aliphatic carbocycles. The molecular formula is C27H27N3O5. The van der Waals surface area contributed by atoms with Gasteiger partial charge in [0.05, 0.1) is 25.1 Å². The Labute approximate surface area is 203 Å². The number of rotatable bonds is 10. The highest BCUT2D eigenvalue weighted by molar-refractivity contribution is 6.46. The fraction of sp³-hybridized carbons (Fsp3) is 0.222. The average Bonchev–Trinajstić information content (AvgIpc) is 3.50. The topological polar surface area (TPSA) is 93.9 Å². The van der Waals surface area contributed by atoms with Gasteiger partial charge in [-0.05, 0) is 48.4 Å². The van der Waals surface area contributed by atoms with E-state index in [1.165, 1.54) is 4.90 Å². The number of aromatic nitrogens is 2. The molecule has 1 aliphatic heterocycles. The largest absolute Gasteiger partial charge is 0.507 e. The van der Waals surface area contributed by atoms with E-state index in [2.05, 4.69) is 11.6 Å². The molecule has 180 valence electrons. The number of aliphatic hydroxyl groups is 1. The minimum absolute atomic E-state index is 0.0579. The predicted molar refractivity (Wildman–Crippen MR) is 131 cm³/mol. The molecule has 1 saturated heterocycles. The molecule has 2 aromatic carbocycles. The standard InChI is InChI=1S/C27H27N3O5/c1-3-17-35-22-11-5-19(6-12-22)24-23(25(31)20-7-9-21(34-2)10-8-20)26(32)27(33)30(24)15-4-14-29-16-13-28-18-29/h3,5-13,16,18,24,31H,1,4,14-15,17H2,2H3/b25-23-. The lowest BCUT2D eigenvalue weighted by Gasteiger charge is -2.25. The van der Waals surface area contributed by atoms with E-state index in [4.69, 9.17) is 9.47 Å². The summed E-state index contributed by atoms with van der Waals surface area (Å²) in [5, 5.41) is 11.2. The number of carbonyl (C=O) groups is 2. The number of aryl methyl sites for hydroxylation is 1. The third-order valence-corrected chi connectivity index (χ3v) is 5.84. The van der Waals surface area contributed by atoms with Gasteiger partial charge in [-0.2, -0.15) is 0 Å². The van der Waals surface area contributed by atoms with Crippen LogP contribution in [0, 0.1) is 0 Å². The van der Waals surface area contributed by atoms with Gasteiger partial charge in [0.1, 0.15) is 23.9 Å². The maximum Gasteiger partial charge on any atom is 0.295 e. The van der Waals surface area contributed by atoms with Crippen molar-refractivity contribution >= 4 is 17.4 Å². The van der Waals surface area contributed by atoms with E-state index >= 15 is 0 Å². The first-order valence-corrected chi connectivity index (χ1v) is 11.3. The van der Waals surface area contributed by atoms with Crippen LogP contribution >= 0.6 is 0 Å². The molecule has 4 rings (SSSR count). The van der Waals surface area contributed by atoms with Crippen molar-refractivity contribution < 1.29 is 24.2 Å². The van der Waals surface area contributed by atoms with Crippen molar-refractivity contribution in [2.45, 2.75) is 19.0 Å². The van der Waals surface area contributed by atoms with Crippen LogP contribution in [0.2, 0.25) is 0 Å². The molecule has 8 nitrogen and oxygen atoms in total. The van der Waals surface area contributed by atoms with Crippen LogP contribution in [-0.2, 0) is 16.1 Å². The van der Waals surface area contributed by atoms with E-state index in [-0.39, 0.29) is 11.3 Å². The van der Waals surface area contributed by atoms with Crippen LogP contribution < -0.4 is 9.47 Å². The van der Waals surface area contributed by atoms with Crippen LogP contribution in [-0.4, -0.2) is 51.5 Å². The number of benzene rings is 2. The summed E-state index contributed by atoms with van der Waals surface area (Å²) in [7, 11) is 1.55. The lowest BCUT2D eigenvalue weighted by atomic mass is 9.95. The van der Waals surface area contributed by atoms with Crippen LogP contribution in [0.4, 0.5) is 0 Å². The fourth-order valence-electron chi connectivity index (χ4n) is 4.11. The van der Waals surface area contributed by atoms with Crippen molar-refractivity contribution in [2.75, 3.05) is 20.3 Å². The van der Waals surface area contributed by atoms with E-state index in [1.807, 2.05) is 10.8 Å². The van der Waals surface area contributed by atoms with Crippen molar-refractivity contribution in [3.8, 4) is 11.5 Å². The molecule has 3 aromatic rings. The number of likely N-dealkylation sites (tertiary alicyclic amines) is 1. The second kappa shape index (κ2) is 10.7. The number of Topliss-reactive ketones (excluding diaryl/α,β-unsaturated/α-hetero) is 1. The minimum atomic E-state index is -0.728. The zero-order valence-corrected chi connectivity index (χ0v) is 19.5. The number of hydrogen-bond donors (Lipinski definition) is 1. The fourth-order valence-corrected chi connectivity index (χ4v) is 4.11. The summed E-state index contributed by atoms with van der Waals surface area (Å²) in [6, 6.07) is 13.1. The van der Waals surface area contributed by atoms with Crippen molar-refractivity contribution in [1.29, 1.82) is 0 Å². The normalized spacial score (nSPS) is 16.9. The lowest BCUT2D eigenvalue weighted by Crippen LogP contribution is -2.31. The summed E-state index contributed by atoms with van der Waals surface area (Å²) in [5.74, 6) is -0.310. The van der Waals surface area contributed by atoms with Gasteiger partial charge in [0.2, 0.25) is 0 Å². The molecule has 0 saturated carbocycles. The van der Waals surface area contributed by atoms with Crippen LogP contribution in [0.25, 0.3) is 5.76 Å². The molecule has 0 spiro atoms. The molecule has 1 aliphatic rings. The van der Waals surface area contributed by atoms with Crippen molar-refractivity contribution in [3.05, 3.63) is 96.6 Å². The highest BCUT2D eigenvalue weighted by Gasteiger charge is 2.45. The molecule has 1 atom stereocenters. The monoisotopic (exact) mass is 473 g/mol. The summed E-state index contributed by atoms with van der Waals surface area (Å²) in [4.78, 5) is 31.8. The Morgan fingerprint density at radius 2 is 1.80 bits per heavy atom. The number of imidazole rings is 1. The first kappa shape index (κ1) is 23.8. The predicted octanol–water partition coefficient (Wildman–Crippen LogP) is 3.97. The molecule has 35 heavy (non-hydrogen) atoms. The summed E-state index contributed by atoms with van der Waals surface area (Å²) in [5.41, 5.74) is 1.19. The summed E-state index contributed by atoms with van der Waals surface area (Å²) >= 11 is 0. The van der Waals surface area contributed by atoms with Gasteiger partial charge in [0.25, 0.3) is 11.7 Å². The number of ether oxygens (including phenoxy) is 2. The van der Waals surface area contributed by atoms with E-state index < -0.39 is 17.7 Å². The molecule has 1 fully saturated rings. The van der Waals surface area contributed by atoms with Gasteiger partial charge in [-0.3, -0.25) is 9.59 Å². The maximum absolute atomic E-state index is 13.2. The Kier molecular flexibility index (Phi) is 7.30. The van der Waals surface area contributed by atoms with Crippen molar-refractivity contribution in [1.82, 2.24) is 14.5 Å². The smallest absolute Gasteiger partial charge is 0.295 e. The Balaban J connectivity index is 1.70. The number of carbonyl (C=O) groups excluding carboxylic acids is 2. The van der Waals surface area contributed by atoms with Crippen molar-refractivity contribution in [2.24, 2.45) is 0 Å². The Hall–Kier alpha value is -4.33. The van der Waals surface area contributed by atoms with Crippen LogP contribution in [0.15, 0.2) is 85.5 Å². The molecule has 0 radical (unpaired) electrons. The summed E-state index contributed by atoms with van der Waals surface area (Å²) < 4.78 is 12.7. The number of ketones is 1. The zero-order chi connectivity index (χ0) is 24.8. The maximum atomic E-state index is 13.2. The molecule has 1 amide bonds. The third kappa shape index (κ3) is 5.11. The summed E-state index contributed by atoms with van der Waals surface area (Å²) in [6.45, 7) is 4.99. The van der Waals surface area contributed by atoms with Crippen molar-refractivity contribution in [3.63, 3.8) is 0 Å². The van der Waals surface area contributed by atoms with Gasteiger partial charge < -0.3 is 24.0 Å². The summed E-state index contributed by atoms with van der Waals surface area (Å²) in [6.07, 6.45) is 7.51. The quantitative estimate of drug-likeness (QED) is 0.207. The first-order valence-electron chi connectivity index (χ1n) is 11.3.